The van der Waals surface area contributed by atoms with E-state index in [1.807, 2.05) is 13.0 Å². The Bertz CT molecular complexity index is 665. The zero-order chi connectivity index (χ0) is 14.9. The lowest BCUT2D eigenvalue weighted by Crippen LogP contribution is -2.03. The number of nitrogens with zero attached hydrogens (tertiary/aromatic N) is 2. The van der Waals surface area contributed by atoms with E-state index in [9.17, 15) is 4.79 Å². The van der Waals surface area contributed by atoms with Crippen molar-refractivity contribution in [2.45, 2.75) is 20.3 Å². The summed E-state index contributed by atoms with van der Waals surface area (Å²) in [6.45, 7) is 3.64. The SMILES string of the molecule is COc1ccc(-n2nc(C)c(CC(=O)O)c2C)cc1Cl. The van der Waals surface area contributed by atoms with Crippen LogP contribution in [0.5, 0.6) is 5.75 Å². The molecule has 1 aromatic carbocycles. The van der Waals surface area contributed by atoms with Gasteiger partial charge in [-0.25, -0.2) is 4.68 Å². The minimum Gasteiger partial charge on any atom is -0.495 e. The lowest BCUT2D eigenvalue weighted by Gasteiger charge is -2.08. The van der Waals surface area contributed by atoms with Crippen molar-refractivity contribution in [3.8, 4) is 11.4 Å². The van der Waals surface area contributed by atoms with Crippen molar-refractivity contribution in [2.75, 3.05) is 7.11 Å². The maximum absolute atomic E-state index is 10.9. The molecule has 1 N–H and O–H groups in total. The largest absolute Gasteiger partial charge is 0.495 e. The third-order valence-corrected chi connectivity index (χ3v) is 3.44. The molecule has 1 aromatic heterocycles. The molecule has 0 saturated heterocycles. The number of ether oxygens (including phenoxy) is 1. The Labute approximate surface area is 121 Å². The highest BCUT2D eigenvalue weighted by atomic mass is 35.5. The van der Waals surface area contributed by atoms with Crippen LogP contribution in [-0.2, 0) is 11.2 Å². The summed E-state index contributed by atoms with van der Waals surface area (Å²) in [5.74, 6) is -0.286. The third kappa shape index (κ3) is 2.63. The van der Waals surface area contributed by atoms with Gasteiger partial charge in [0, 0.05) is 11.3 Å². The van der Waals surface area contributed by atoms with Gasteiger partial charge in [0.2, 0.25) is 0 Å². The molecule has 1 heterocycles. The highest BCUT2D eigenvalue weighted by Crippen LogP contribution is 2.28. The van der Waals surface area contributed by atoms with Gasteiger partial charge in [-0.1, -0.05) is 11.6 Å². The van der Waals surface area contributed by atoms with Gasteiger partial charge in [0.1, 0.15) is 5.75 Å². The summed E-state index contributed by atoms with van der Waals surface area (Å²) >= 11 is 6.10. The van der Waals surface area contributed by atoms with E-state index < -0.39 is 5.97 Å². The van der Waals surface area contributed by atoms with Gasteiger partial charge in [-0.05, 0) is 32.0 Å². The first-order valence-electron chi connectivity index (χ1n) is 6.05. The molecule has 0 bridgehead atoms. The lowest BCUT2D eigenvalue weighted by atomic mass is 10.1. The quantitative estimate of drug-likeness (QED) is 0.942. The van der Waals surface area contributed by atoms with Crippen LogP contribution in [0.15, 0.2) is 18.2 Å². The molecule has 0 atom stereocenters. The molecule has 0 aliphatic heterocycles. The number of aliphatic carboxylic acids is 1. The van der Waals surface area contributed by atoms with Gasteiger partial charge >= 0.3 is 5.97 Å². The van der Waals surface area contributed by atoms with Crippen LogP contribution < -0.4 is 4.74 Å². The van der Waals surface area contributed by atoms with Crippen molar-refractivity contribution in [2.24, 2.45) is 0 Å². The topological polar surface area (TPSA) is 64.4 Å². The number of aromatic nitrogens is 2. The average molecular weight is 295 g/mol. The van der Waals surface area contributed by atoms with Gasteiger partial charge in [-0.2, -0.15) is 5.10 Å². The van der Waals surface area contributed by atoms with Crippen molar-refractivity contribution in [3.63, 3.8) is 0 Å². The summed E-state index contributed by atoms with van der Waals surface area (Å²) < 4.78 is 6.80. The Morgan fingerprint density at radius 1 is 1.45 bits per heavy atom. The minimum atomic E-state index is -0.872. The smallest absolute Gasteiger partial charge is 0.307 e. The molecule has 6 heteroatoms. The van der Waals surface area contributed by atoms with E-state index in [0.717, 1.165) is 16.9 Å². The number of methoxy groups -OCH3 is 1. The van der Waals surface area contributed by atoms with Crippen molar-refractivity contribution < 1.29 is 14.6 Å². The van der Waals surface area contributed by atoms with Crippen LogP contribution in [0.4, 0.5) is 0 Å². The highest BCUT2D eigenvalue weighted by molar-refractivity contribution is 6.32. The van der Waals surface area contributed by atoms with E-state index in [1.54, 1.807) is 30.8 Å². The molecule has 0 aliphatic rings. The van der Waals surface area contributed by atoms with E-state index in [1.165, 1.54) is 0 Å². The second-order valence-corrected chi connectivity index (χ2v) is 4.86. The molecule has 106 valence electrons. The number of rotatable bonds is 4. The Morgan fingerprint density at radius 2 is 2.15 bits per heavy atom. The Kier molecular flexibility index (Phi) is 3.99. The molecule has 0 amide bonds. The number of hydrogen-bond acceptors (Lipinski definition) is 3. The van der Waals surface area contributed by atoms with Gasteiger partial charge in [-0.15, -0.1) is 0 Å². The highest BCUT2D eigenvalue weighted by Gasteiger charge is 2.16. The van der Waals surface area contributed by atoms with E-state index >= 15 is 0 Å². The molecule has 0 unspecified atom stereocenters. The van der Waals surface area contributed by atoms with Gasteiger partial charge < -0.3 is 9.84 Å². The fourth-order valence-electron chi connectivity index (χ4n) is 2.12. The van der Waals surface area contributed by atoms with E-state index in [-0.39, 0.29) is 6.42 Å². The molecular weight excluding hydrogens is 280 g/mol. The molecular formula is C14H15ClN2O3. The van der Waals surface area contributed by atoms with E-state index in [4.69, 9.17) is 21.4 Å². The van der Waals surface area contributed by atoms with Gasteiger partial charge in [-0.3, -0.25) is 4.79 Å². The van der Waals surface area contributed by atoms with Crippen molar-refractivity contribution in [1.29, 1.82) is 0 Å². The fraction of sp³-hybridized carbons (Fsp3) is 0.286. The summed E-state index contributed by atoms with van der Waals surface area (Å²) in [6, 6.07) is 5.32. The van der Waals surface area contributed by atoms with Crippen LogP contribution >= 0.6 is 11.6 Å². The maximum Gasteiger partial charge on any atom is 0.307 e. The lowest BCUT2D eigenvalue weighted by molar-refractivity contribution is -0.136. The molecule has 20 heavy (non-hydrogen) atoms. The van der Waals surface area contributed by atoms with Crippen LogP contribution in [0, 0.1) is 13.8 Å². The predicted octanol–water partition coefficient (Wildman–Crippen LogP) is 2.78. The average Bonchev–Trinajstić information content (AvgIpc) is 2.66. The molecule has 0 spiro atoms. The normalized spacial score (nSPS) is 10.6. The Balaban J connectivity index is 2.48. The third-order valence-electron chi connectivity index (χ3n) is 3.15. The maximum atomic E-state index is 10.9. The molecule has 2 rings (SSSR count). The van der Waals surface area contributed by atoms with Crippen molar-refractivity contribution >= 4 is 17.6 Å². The van der Waals surface area contributed by atoms with Gasteiger partial charge in [0.05, 0.1) is 29.9 Å². The first-order valence-corrected chi connectivity index (χ1v) is 6.42. The van der Waals surface area contributed by atoms with Gasteiger partial charge in [0.25, 0.3) is 0 Å². The van der Waals surface area contributed by atoms with Crippen LogP contribution in [0.25, 0.3) is 5.69 Å². The standard InChI is InChI=1S/C14H15ClN2O3/c1-8-11(7-14(18)19)9(2)17(16-8)10-4-5-13(20-3)12(15)6-10/h4-6H,7H2,1-3H3,(H,18,19). The van der Waals surface area contributed by atoms with Crippen LogP contribution in [0.2, 0.25) is 5.02 Å². The first kappa shape index (κ1) is 14.4. The fourth-order valence-corrected chi connectivity index (χ4v) is 2.37. The zero-order valence-electron chi connectivity index (χ0n) is 11.5. The number of halogens is 1. The predicted molar refractivity (Wildman–Crippen MR) is 75.9 cm³/mol. The summed E-state index contributed by atoms with van der Waals surface area (Å²) in [5.41, 5.74) is 3.00. The number of carboxylic acids is 1. The van der Waals surface area contributed by atoms with E-state index in [2.05, 4.69) is 5.10 Å². The second kappa shape index (κ2) is 5.54. The number of carboxylic acid groups (broad SMARTS) is 1. The minimum absolute atomic E-state index is 0.0401. The number of hydrogen-bond donors (Lipinski definition) is 1. The molecule has 0 fully saturated rings. The number of carbonyl (C=O) groups is 1. The first-order chi connectivity index (χ1) is 9.43. The Hall–Kier alpha value is -2.01. The summed E-state index contributed by atoms with van der Waals surface area (Å²) in [7, 11) is 1.55. The van der Waals surface area contributed by atoms with E-state index in [0.29, 0.717) is 16.5 Å². The summed E-state index contributed by atoms with van der Waals surface area (Å²) in [4.78, 5) is 10.9. The van der Waals surface area contributed by atoms with Crippen LogP contribution in [0.1, 0.15) is 17.0 Å². The molecule has 0 saturated carbocycles. The molecule has 0 radical (unpaired) electrons. The summed E-state index contributed by atoms with van der Waals surface area (Å²) in [5, 5.41) is 13.8. The monoisotopic (exact) mass is 294 g/mol. The molecule has 2 aromatic rings. The van der Waals surface area contributed by atoms with Gasteiger partial charge in [0.15, 0.2) is 0 Å². The Morgan fingerprint density at radius 3 is 2.70 bits per heavy atom. The zero-order valence-corrected chi connectivity index (χ0v) is 12.2. The molecule has 5 nitrogen and oxygen atoms in total. The summed E-state index contributed by atoms with van der Waals surface area (Å²) in [6.07, 6.45) is -0.0401. The van der Waals surface area contributed by atoms with Crippen molar-refractivity contribution in [1.82, 2.24) is 9.78 Å². The molecule has 0 aliphatic carbocycles. The second-order valence-electron chi connectivity index (χ2n) is 4.45. The number of benzene rings is 1. The van der Waals surface area contributed by atoms with Crippen LogP contribution in [0.3, 0.4) is 0 Å². The number of aryl methyl sites for hydroxylation is 1. The van der Waals surface area contributed by atoms with Crippen LogP contribution in [-0.4, -0.2) is 28.0 Å². The van der Waals surface area contributed by atoms with Crippen molar-refractivity contribution in [3.05, 3.63) is 40.2 Å².